The zero-order valence-corrected chi connectivity index (χ0v) is 12.0. The van der Waals surface area contributed by atoms with Crippen molar-refractivity contribution >= 4 is 17.8 Å². The van der Waals surface area contributed by atoms with Crippen LogP contribution in [0.25, 0.3) is 5.65 Å². The topological polar surface area (TPSA) is 40.9 Å². The SMILES string of the molecule is CN(C)C1CCN(c2nc3ccccn3c2C=O)CC1. The van der Waals surface area contributed by atoms with Crippen molar-refractivity contribution < 1.29 is 4.79 Å². The van der Waals surface area contributed by atoms with Gasteiger partial charge in [0.1, 0.15) is 11.3 Å². The molecule has 3 rings (SSSR count). The number of fused-ring (bicyclic) bond motifs is 1. The summed E-state index contributed by atoms with van der Waals surface area (Å²) < 4.78 is 1.86. The van der Waals surface area contributed by atoms with E-state index in [9.17, 15) is 4.79 Å². The highest BCUT2D eigenvalue weighted by Crippen LogP contribution is 2.24. The predicted octanol–water partition coefficient (Wildman–Crippen LogP) is 1.68. The number of imidazole rings is 1. The van der Waals surface area contributed by atoms with Crippen LogP contribution in [0.2, 0.25) is 0 Å². The summed E-state index contributed by atoms with van der Waals surface area (Å²) >= 11 is 0. The van der Waals surface area contributed by atoms with Crippen molar-refractivity contribution in [2.45, 2.75) is 18.9 Å². The molecule has 0 spiro atoms. The number of hydrogen-bond acceptors (Lipinski definition) is 4. The number of pyridine rings is 1. The van der Waals surface area contributed by atoms with Gasteiger partial charge in [0.15, 0.2) is 12.1 Å². The largest absolute Gasteiger partial charge is 0.355 e. The summed E-state index contributed by atoms with van der Waals surface area (Å²) in [6.07, 6.45) is 5.02. The number of nitrogens with zero attached hydrogens (tertiary/aromatic N) is 4. The van der Waals surface area contributed by atoms with Crippen molar-refractivity contribution in [2.75, 3.05) is 32.1 Å². The molecule has 1 fully saturated rings. The summed E-state index contributed by atoms with van der Waals surface area (Å²) in [5.74, 6) is 0.823. The number of piperidine rings is 1. The monoisotopic (exact) mass is 272 g/mol. The van der Waals surface area contributed by atoms with Crippen molar-refractivity contribution in [3.05, 3.63) is 30.1 Å². The second kappa shape index (κ2) is 5.25. The van der Waals surface area contributed by atoms with E-state index in [1.807, 2.05) is 28.8 Å². The van der Waals surface area contributed by atoms with Crippen LogP contribution in [0.1, 0.15) is 23.3 Å². The van der Waals surface area contributed by atoms with Gasteiger partial charge in [0, 0.05) is 25.3 Å². The van der Waals surface area contributed by atoms with Gasteiger partial charge < -0.3 is 9.80 Å². The van der Waals surface area contributed by atoms with Gasteiger partial charge in [-0.1, -0.05) is 6.07 Å². The van der Waals surface area contributed by atoms with Gasteiger partial charge in [0.05, 0.1) is 0 Å². The summed E-state index contributed by atoms with van der Waals surface area (Å²) in [7, 11) is 4.25. The van der Waals surface area contributed by atoms with E-state index in [0.29, 0.717) is 11.7 Å². The van der Waals surface area contributed by atoms with Gasteiger partial charge in [-0.15, -0.1) is 0 Å². The molecule has 0 amide bonds. The number of aldehydes is 1. The zero-order chi connectivity index (χ0) is 14.1. The number of anilines is 1. The van der Waals surface area contributed by atoms with Crippen LogP contribution in [0.4, 0.5) is 5.82 Å². The van der Waals surface area contributed by atoms with E-state index < -0.39 is 0 Å². The Bertz CT molecular complexity index is 611. The maximum atomic E-state index is 11.4. The molecular formula is C15H20N4O. The van der Waals surface area contributed by atoms with Crippen molar-refractivity contribution in [2.24, 2.45) is 0 Å². The van der Waals surface area contributed by atoms with E-state index in [4.69, 9.17) is 0 Å². The van der Waals surface area contributed by atoms with E-state index >= 15 is 0 Å². The smallest absolute Gasteiger partial charge is 0.170 e. The lowest BCUT2D eigenvalue weighted by Crippen LogP contribution is -2.42. The van der Waals surface area contributed by atoms with Crippen LogP contribution in [-0.2, 0) is 0 Å². The van der Waals surface area contributed by atoms with Crippen LogP contribution < -0.4 is 4.90 Å². The molecule has 5 heteroatoms. The molecule has 1 aliphatic heterocycles. The first-order chi connectivity index (χ1) is 9.70. The Morgan fingerprint density at radius 3 is 2.70 bits per heavy atom. The molecule has 2 aromatic heterocycles. The molecule has 0 bridgehead atoms. The summed E-state index contributed by atoms with van der Waals surface area (Å²) in [6, 6.07) is 6.43. The van der Waals surface area contributed by atoms with Gasteiger partial charge in [0.2, 0.25) is 0 Å². The summed E-state index contributed by atoms with van der Waals surface area (Å²) in [5, 5.41) is 0. The normalized spacial score (nSPS) is 17.1. The minimum Gasteiger partial charge on any atom is -0.355 e. The number of carbonyl (C=O) groups is 1. The molecule has 5 nitrogen and oxygen atoms in total. The lowest BCUT2D eigenvalue weighted by atomic mass is 10.0. The average Bonchev–Trinajstić information content (AvgIpc) is 2.85. The fourth-order valence-corrected chi connectivity index (χ4v) is 2.94. The third-order valence-electron chi connectivity index (χ3n) is 4.15. The van der Waals surface area contributed by atoms with Gasteiger partial charge in [-0.25, -0.2) is 4.98 Å². The summed E-state index contributed by atoms with van der Waals surface area (Å²) in [4.78, 5) is 20.6. The molecule has 3 heterocycles. The average molecular weight is 272 g/mol. The van der Waals surface area contributed by atoms with Crippen LogP contribution in [0.15, 0.2) is 24.4 Å². The van der Waals surface area contributed by atoms with Crippen molar-refractivity contribution in [3.8, 4) is 0 Å². The Labute approximate surface area is 118 Å². The number of aromatic nitrogens is 2. The fourth-order valence-electron chi connectivity index (χ4n) is 2.94. The van der Waals surface area contributed by atoms with Crippen LogP contribution in [-0.4, -0.2) is 53.8 Å². The molecule has 1 saturated heterocycles. The van der Waals surface area contributed by atoms with Gasteiger partial charge >= 0.3 is 0 Å². The third-order valence-corrected chi connectivity index (χ3v) is 4.15. The van der Waals surface area contributed by atoms with Gasteiger partial charge in [0.25, 0.3) is 0 Å². The molecule has 20 heavy (non-hydrogen) atoms. The first-order valence-corrected chi connectivity index (χ1v) is 7.04. The quantitative estimate of drug-likeness (QED) is 0.797. The molecule has 2 aromatic rings. The molecule has 106 valence electrons. The van der Waals surface area contributed by atoms with E-state index in [0.717, 1.165) is 43.7 Å². The highest BCUT2D eigenvalue weighted by atomic mass is 16.1. The lowest BCUT2D eigenvalue weighted by molar-refractivity contribution is 0.111. The Balaban J connectivity index is 1.89. The lowest BCUT2D eigenvalue weighted by Gasteiger charge is -2.35. The highest BCUT2D eigenvalue weighted by molar-refractivity contribution is 5.83. The van der Waals surface area contributed by atoms with Gasteiger partial charge in [-0.05, 0) is 39.1 Å². The van der Waals surface area contributed by atoms with Crippen LogP contribution in [0, 0.1) is 0 Å². The van der Waals surface area contributed by atoms with Crippen molar-refractivity contribution in [3.63, 3.8) is 0 Å². The molecule has 0 atom stereocenters. The molecule has 0 unspecified atom stereocenters. The predicted molar refractivity (Wildman–Crippen MR) is 79.5 cm³/mol. The highest BCUT2D eigenvalue weighted by Gasteiger charge is 2.24. The summed E-state index contributed by atoms with van der Waals surface area (Å²) in [6.45, 7) is 1.90. The standard InChI is InChI=1S/C15H20N4O/c1-17(2)12-6-9-18(10-7-12)15-13(11-20)19-8-4-3-5-14(19)16-15/h3-5,8,11-12H,6-7,9-10H2,1-2H3. The van der Waals surface area contributed by atoms with Gasteiger partial charge in [-0.2, -0.15) is 0 Å². The van der Waals surface area contributed by atoms with Crippen LogP contribution >= 0.6 is 0 Å². The van der Waals surface area contributed by atoms with E-state index in [1.54, 1.807) is 0 Å². The van der Waals surface area contributed by atoms with Crippen LogP contribution in [0.3, 0.4) is 0 Å². The summed E-state index contributed by atoms with van der Waals surface area (Å²) in [5.41, 5.74) is 1.49. The van der Waals surface area contributed by atoms with Crippen LogP contribution in [0.5, 0.6) is 0 Å². The molecule has 0 saturated carbocycles. The van der Waals surface area contributed by atoms with E-state index in [1.165, 1.54) is 0 Å². The Morgan fingerprint density at radius 2 is 2.05 bits per heavy atom. The fraction of sp³-hybridized carbons (Fsp3) is 0.467. The Morgan fingerprint density at radius 1 is 1.30 bits per heavy atom. The molecule has 0 aliphatic carbocycles. The van der Waals surface area contributed by atoms with Gasteiger partial charge in [-0.3, -0.25) is 9.20 Å². The number of rotatable bonds is 3. The molecule has 1 aliphatic rings. The first-order valence-electron chi connectivity index (χ1n) is 7.04. The van der Waals surface area contributed by atoms with Crippen molar-refractivity contribution in [1.82, 2.24) is 14.3 Å². The third kappa shape index (κ3) is 2.18. The minimum absolute atomic E-state index is 0.628. The maximum absolute atomic E-state index is 11.4. The number of carbonyl (C=O) groups excluding carboxylic acids is 1. The molecule has 0 radical (unpaired) electrons. The second-order valence-corrected chi connectivity index (χ2v) is 5.55. The molecule has 0 aromatic carbocycles. The molecular weight excluding hydrogens is 252 g/mol. The molecule has 0 N–H and O–H groups in total. The maximum Gasteiger partial charge on any atom is 0.170 e. The van der Waals surface area contributed by atoms with E-state index in [-0.39, 0.29) is 0 Å². The first kappa shape index (κ1) is 13.1. The minimum atomic E-state index is 0.628. The second-order valence-electron chi connectivity index (χ2n) is 5.55. The zero-order valence-electron chi connectivity index (χ0n) is 12.0. The Kier molecular flexibility index (Phi) is 3.44. The number of hydrogen-bond donors (Lipinski definition) is 0. The van der Waals surface area contributed by atoms with E-state index in [2.05, 4.69) is 28.9 Å². The Hall–Kier alpha value is -1.88. The van der Waals surface area contributed by atoms with Crippen molar-refractivity contribution in [1.29, 1.82) is 0 Å².